The zero-order valence-electron chi connectivity index (χ0n) is 10.0. The van der Waals surface area contributed by atoms with Crippen molar-refractivity contribution < 1.29 is 9.26 Å². The minimum absolute atomic E-state index is 0.223. The average molecular weight is 298 g/mol. The van der Waals surface area contributed by atoms with Crippen LogP contribution in [0.25, 0.3) is 11.4 Å². The third kappa shape index (κ3) is 2.70. The fourth-order valence-electron chi connectivity index (χ4n) is 1.65. The molecular formula is C12H12ClN3O2S. The van der Waals surface area contributed by atoms with Crippen LogP contribution in [0.5, 0.6) is 5.75 Å². The molecule has 0 saturated carbocycles. The second kappa shape index (κ2) is 5.40. The van der Waals surface area contributed by atoms with Crippen molar-refractivity contribution in [3.63, 3.8) is 0 Å². The molecule has 1 aromatic carbocycles. The van der Waals surface area contributed by atoms with E-state index in [1.807, 2.05) is 23.9 Å². The van der Waals surface area contributed by atoms with Crippen LogP contribution in [0.3, 0.4) is 0 Å². The predicted octanol–water partition coefficient (Wildman–Crippen LogP) is 2.34. The maximum atomic E-state index is 6.20. The third-order valence-corrected chi connectivity index (χ3v) is 4.24. The largest absolute Gasteiger partial charge is 0.487 e. The number of thioether (sulfide) groups is 1. The van der Waals surface area contributed by atoms with Gasteiger partial charge >= 0.3 is 0 Å². The lowest BCUT2D eigenvalue weighted by atomic mass is 10.2. The molecule has 0 amide bonds. The SMILES string of the molecule is NCc1nc(-c2ccc(OC3CSC3)c(Cl)c2)no1. The first-order valence-electron chi connectivity index (χ1n) is 5.83. The highest BCUT2D eigenvalue weighted by molar-refractivity contribution is 8.00. The summed E-state index contributed by atoms with van der Waals surface area (Å²) in [6, 6.07) is 5.46. The van der Waals surface area contributed by atoms with Crippen molar-refractivity contribution >= 4 is 23.4 Å². The summed E-state index contributed by atoms with van der Waals surface area (Å²) in [5.74, 6) is 3.61. The molecule has 0 radical (unpaired) electrons. The Kier molecular flexibility index (Phi) is 3.63. The molecule has 100 valence electrons. The number of rotatable bonds is 4. The van der Waals surface area contributed by atoms with Crippen LogP contribution < -0.4 is 10.5 Å². The van der Waals surface area contributed by atoms with E-state index in [4.69, 9.17) is 26.6 Å². The molecule has 19 heavy (non-hydrogen) atoms. The van der Waals surface area contributed by atoms with E-state index in [0.29, 0.717) is 22.5 Å². The number of halogens is 1. The van der Waals surface area contributed by atoms with E-state index in [0.717, 1.165) is 17.1 Å². The molecule has 2 aromatic rings. The molecule has 0 bridgehead atoms. The maximum Gasteiger partial charge on any atom is 0.240 e. The van der Waals surface area contributed by atoms with Crippen LogP contribution in [0.15, 0.2) is 22.7 Å². The van der Waals surface area contributed by atoms with Crippen molar-refractivity contribution in [1.29, 1.82) is 0 Å². The zero-order valence-corrected chi connectivity index (χ0v) is 11.6. The highest BCUT2D eigenvalue weighted by atomic mass is 35.5. The van der Waals surface area contributed by atoms with Crippen molar-refractivity contribution in [3.05, 3.63) is 29.1 Å². The third-order valence-electron chi connectivity index (χ3n) is 2.73. The van der Waals surface area contributed by atoms with Crippen molar-refractivity contribution in [2.24, 2.45) is 5.73 Å². The molecule has 1 saturated heterocycles. The Balaban J connectivity index is 1.81. The summed E-state index contributed by atoms with van der Waals surface area (Å²) in [6.45, 7) is 0.223. The highest BCUT2D eigenvalue weighted by Crippen LogP contribution is 2.32. The number of nitrogens with two attached hydrogens (primary N) is 1. The molecule has 0 aliphatic carbocycles. The van der Waals surface area contributed by atoms with Gasteiger partial charge in [-0.15, -0.1) is 0 Å². The maximum absolute atomic E-state index is 6.20. The van der Waals surface area contributed by atoms with Gasteiger partial charge in [-0.3, -0.25) is 0 Å². The van der Waals surface area contributed by atoms with Gasteiger partial charge in [0.2, 0.25) is 11.7 Å². The highest BCUT2D eigenvalue weighted by Gasteiger charge is 2.21. The molecule has 0 unspecified atom stereocenters. The Hall–Kier alpha value is -1.24. The molecule has 2 N–H and O–H groups in total. The molecule has 2 heterocycles. The van der Waals surface area contributed by atoms with Gasteiger partial charge < -0.3 is 15.0 Å². The summed E-state index contributed by atoms with van der Waals surface area (Å²) in [7, 11) is 0. The van der Waals surface area contributed by atoms with E-state index < -0.39 is 0 Å². The number of benzene rings is 1. The minimum atomic E-state index is 0.223. The first-order chi connectivity index (χ1) is 9.26. The van der Waals surface area contributed by atoms with Gasteiger partial charge in [0, 0.05) is 17.1 Å². The van der Waals surface area contributed by atoms with E-state index in [2.05, 4.69) is 10.1 Å². The van der Waals surface area contributed by atoms with Gasteiger partial charge in [0.15, 0.2) is 0 Å². The quantitative estimate of drug-likeness (QED) is 0.933. The smallest absolute Gasteiger partial charge is 0.240 e. The van der Waals surface area contributed by atoms with E-state index in [1.54, 1.807) is 6.07 Å². The lowest BCUT2D eigenvalue weighted by Gasteiger charge is -2.26. The zero-order chi connectivity index (χ0) is 13.2. The number of ether oxygens (including phenoxy) is 1. The van der Waals surface area contributed by atoms with Gasteiger partial charge in [-0.05, 0) is 18.2 Å². The molecular weight excluding hydrogens is 286 g/mol. The van der Waals surface area contributed by atoms with Gasteiger partial charge in [0.1, 0.15) is 11.9 Å². The van der Waals surface area contributed by atoms with Crippen molar-refractivity contribution in [2.45, 2.75) is 12.6 Å². The molecule has 7 heteroatoms. The second-order valence-electron chi connectivity index (χ2n) is 4.14. The van der Waals surface area contributed by atoms with E-state index in [1.165, 1.54) is 0 Å². The van der Waals surface area contributed by atoms with Gasteiger partial charge in [-0.1, -0.05) is 16.8 Å². The van der Waals surface area contributed by atoms with Crippen LogP contribution in [0, 0.1) is 0 Å². The van der Waals surface area contributed by atoms with Crippen molar-refractivity contribution in [1.82, 2.24) is 10.1 Å². The normalized spacial score (nSPS) is 15.3. The second-order valence-corrected chi connectivity index (χ2v) is 5.62. The van der Waals surface area contributed by atoms with E-state index >= 15 is 0 Å². The molecule has 0 spiro atoms. The molecule has 1 fully saturated rings. The molecule has 5 nitrogen and oxygen atoms in total. The predicted molar refractivity (Wildman–Crippen MR) is 74.4 cm³/mol. The first-order valence-corrected chi connectivity index (χ1v) is 7.36. The Labute approximate surface area is 119 Å². The Morgan fingerprint density at radius 3 is 2.89 bits per heavy atom. The fourth-order valence-corrected chi connectivity index (χ4v) is 2.44. The summed E-state index contributed by atoms with van der Waals surface area (Å²) < 4.78 is 10.7. The molecule has 3 rings (SSSR count). The van der Waals surface area contributed by atoms with Gasteiger partial charge in [-0.2, -0.15) is 16.7 Å². The molecule has 1 aliphatic rings. The summed E-state index contributed by atoms with van der Waals surface area (Å²) in [5.41, 5.74) is 6.21. The molecule has 1 aliphatic heterocycles. The summed E-state index contributed by atoms with van der Waals surface area (Å²) >= 11 is 8.07. The lowest BCUT2D eigenvalue weighted by molar-refractivity contribution is 0.240. The molecule has 1 aromatic heterocycles. The summed E-state index contributed by atoms with van der Waals surface area (Å²) in [6.07, 6.45) is 0.266. The van der Waals surface area contributed by atoms with Crippen molar-refractivity contribution in [3.8, 4) is 17.1 Å². The molecule has 0 atom stereocenters. The summed E-state index contributed by atoms with van der Waals surface area (Å²) in [5, 5.41) is 4.40. The van der Waals surface area contributed by atoms with E-state index in [-0.39, 0.29) is 12.6 Å². The Bertz CT molecular complexity index is 586. The first kappa shape index (κ1) is 12.8. The van der Waals surface area contributed by atoms with Crippen LogP contribution in [0.1, 0.15) is 5.89 Å². The van der Waals surface area contributed by atoms with Crippen LogP contribution in [-0.4, -0.2) is 27.8 Å². The average Bonchev–Trinajstić information content (AvgIpc) is 2.84. The topological polar surface area (TPSA) is 74.2 Å². The van der Waals surface area contributed by atoms with Gasteiger partial charge in [-0.25, -0.2) is 0 Å². The van der Waals surface area contributed by atoms with Gasteiger partial charge in [0.05, 0.1) is 11.6 Å². The van der Waals surface area contributed by atoms with Gasteiger partial charge in [0.25, 0.3) is 0 Å². The number of hydrogen-bond donors (Lipinski definition) is 1. The Morgan fingerprint density at radius 1 is 1.47 bits per heavy atom. The monoisotopic (exact) mass is 297 g/mol. The van der Waals surface area contributed by atoms with Crippen LogP contribution >= 0.6 is 23.4 Å². The van der Waals surface area contributed by atoms with Crippen LogP contribution in [0.4, 0.5) is 0 Å². The lowest BCUT2D eigenvalue weighted by Crippen LogP contribution is -2.31. The number of nitrogens with zero attached hydrogens (tertiary/aromatic N) is 2. The van der Waals surface area contributed by atoms with Crippen molar-refractivity contribution in [2.75, 3.05) is 11.5 Å². The number of hydrogen-bond acceptors (Lipinski definition) is 6. The van der Waals surface area contributed by atoms with E-state index in [9.17, 15) is 0 Å². The Morgan fingerprint density at radius 2 is 2.32 bits per heavy atom. The fraction of sp³-hybridized carbons (Fsp3) is 0.333. The number of aromatic nitrogens is 2. The van der Waals surface area contributed by atoms with Crippen LogP contribution in [-0.2, 0) is 6.54 Å². The standard InChI is InChI=1S/C12H12ClN3O2S/c13-9-3-7(12-15-11(4-14)18-16-12)1-2-10(9)17-8-5-19-6-8/h1-3,8H,4-6,14H2. The minimum Gasteiger partial charge on any atom is -0.487 e. The van der Waals surface area contributed by atoms with Crippen LogP contribution in [0.2, 0.25) is 5.02 Å². The summed E-state index contributed by atoms with van der Waals surface area (Å²) in [4.78, 5) is 4.15.